The number of amides is 1. The van der Waals surface area contributed by atoms with E-state index in [-0.39, 0.29) is 17.0 Å². The third-order valence-corrected chi connectivity index (χ3v) is 9.48. The number of carbonyl (C=O) groups excluding carboxylic acids is 1. The molecule has 0 atom stereocenters. The van der Waals surface area contributed by atoms with Crippen molar-refractivity contribution in [2.75, 3.05) is 37.6 Å². The Hall–Kier alpha value is -2.93. The van der Waals surface area contributed by atoms with E-state index < -0.39 is 0 Å². The summed E-state index contributed by atoms with van der Waals surface area (Å²) in [5.41, 5.74) is 2.57. The maximum absolute atomic E-state index is 13.5. The lowest BCUT2D eigenvalue weighted by molar-refractivity contribution is -0.122. The van der Waals surface area contributed by atoms with Crippen LogP contribution in [0.4, 0.5) is 5.82 Å². The summed E-state index contributed by atoms with van der Waals surface area (Å²) in [5, 5.41) is 9.96. The molecule has 1 aromatic carbocycles. The number of aromatic nitrogens is 1. The molecule has 3 heterocycles. The average Bonchev–Trinajstić information content (AvgIpc) is 3.26. The Kier molecular flexibility index (Phi) is 11.8. The van der Waals surface area contributed by atoms with Crippen molar-refractivity contribution in [1.29, 1.82) is 5.26 Å². The predicted molar refractivity (Wildman–Crippen MR) is 178 cm³/mol. The van der Waals surface area contributed by atoms with Crippen LogP contribution in [0, 0.1) is 18.3 Å². The molecule has 0 N–H and O–H groups in total. The van der Waals surface area contributed by atoms with Crippen LogP contribution in [0.5, 0.6) is 0 Å². The minimum absolute atomic E-state index is 0.0802. The number of rotatable bonds is 13. The number of thiocarbonyl (C=S) groups is 1. The molecule has 7 nitrogen and oxygen atoms in total. The van der Waals surface area contributed by atoms with Crippen LogP contribution < -0.4 is 10.5 Å². The summed E-state index contributed by atoms with van der Waals surface area (Å²) >= 11 is 6.95. The Bertz CT molecular complexity index is 1390. The molecule has 1 amide bonds. The number of thioether (sulfide) groups is 1. The zero-order chi connectivity index (χ0) is 30.1. The first-order valence-corrected chi connectivity index (χ1v) is 16.6. The number of piperazine rings is 1. The van der Waals surface area contributed by atoms with E-state index in [1.54, 1.807) is 9.47 Å². The van der Waals surface area contributed by atoms with Crippen LogP contribution in [0.15, 0.2) is 40.0 Å². The predicted octanol–water partition coefficient (Wildman–Crippen LogP) is 6.32. The highest BCUT2D eigenvalue weighted by molar-refractivity contribution is 8.26. The minimum Gasteiger partial charge on any atom is -0.355 e. The smallest absolute Gasteiger partial charge is 0.270 e. The van der Waals surface area contributed by atoms with Crippen molar-refractivity contribution in [3.05, 3.63) is 67.8 Å². The van der Waals surface area contributed by atoms with Crippen LogP contribution in [-0.4, -0.2) is 57.3 Å². The second kappa shape index (κ2) is 15.5. The van der Waals surface area contributed by atoms with Gasteiger partial charge in [-0.15, -0.1) is 0 Å². The monoisotopic (exact) mass is 605 g/mol. The van der Waals surface area contributed by atoms with Crippen LogP contribution >= 0.6 is 24.0 Å². The van der Waals surface area contributed by atoms with Gasteiger partial charge in [-0.25, -0.2) is 0 Å². The van der Waals surface area contributed by atoms with E-state index in [2.05, 4.69) is 47.1 Å². The van der Waals surface area contributed by atoms with Crippen LogP contribution in [0.2, 0.25) is 0 Å². The molecule has 2 aromatic rings. The lowest BCUT2D eigenvalue weighted by atomic mass is 10.0. The Labute approximate surface area is 260 Å². The molecule has 0 radical (unpaired) electrons. The van der Waals surface area contributed by atoms with Crippen LogP contribution in [-0.2, 0) is 17.9 Å². The van der Waals surface area contributed by atoms with Gasteiger partial charge < -0.3 is 4.90 Å². The van der Waals surface area contributed by atoms with E-state index in [9.17, 15) is 14.9 Å². The highest BCUT2D eigenvalue weighted by atomic mass is 32.2. The second-order valence-electron chi connectivity index (χ2n) is 11.2. The van der Waals surface area contributed by atoms with Crippen molar-refractivity contribution in [2.24, 2.45) is 0 Å². The van der Waals surface area contributed by atoms with E-state index >= 15 is 0 Å². The normalized spacial score (nSPS) is 17.0. The number of unbranched alkanes of at least 4 members (excludes halogenated alkanes) is 5. The topological polar surface area (TPSA) is 72.6 Å². The van der Waals surface area contributed by atoms with E-state index in [4.69, 9.17) is 12.2 Å². The highest BCUT2D eigenvalue weighted by Crippen LogP contribution is 2.36. The molecule has 2 fully saturated rings. The van der Waals surface area contributed by atoms with Crippen molar-refractivity contribution in [1.82, 2.24) is 14.4 Å². The first-order chi connectivity index (χ1) is 20.4. The van der Waals surface area contributed by atoms with Gasteiger partial charge in [0.25, 0.3) is 11.5 Å². The SMILES string of the molecule is CCCCCCCCN1C(=O)/C(=C/c2c(C)c(C#N)c(=O)n(CCC)c2N2CCN(Cc3ccccc3)CC2)SC1=S. The first kappa shape index (κ1) is 32.0. The van der Waals surface area contributed by atoms with Crippen molar-refractivity contribution in [3.8, 4) is 6.07 Å². The highest BCUT2D eigenvalue weighted by Gasteiger charge is 2.33. The molecule has 224 valence electrons. The fourth-order valence-electron chi connectivity index (χ4n) is 5.75. The number of nitriles is 1. The molecule has 9 heteroatoms. The van der Waals surface area contributed by atoms with Gasteiger partial charge in [0.05, 0.1) is 4.91 Å². The number of nitrogens with zero attached hydrogens (tertiary/aromatic N) is 5. The van der Waals surface area contributed by atoms with Gasteiger partial charge >= 0.3 is 0 Å². The molecule has 0 bridgehead atoms. The van der Waals surface area contributed by atoms with Crippen molar-refractivity contribution in [3.63, 3.8) is 0 Å². The standard InChI is InChI=1S/C33H43N5O2S2/c1-4-6-7-8-9-13-17-38-32(40)29(42-33(38)41)22-27-25(3)28(23-34)31(39)37(16-5-2)30(27)36-20-18-35(19-21-36)24-26-14-11-10-12-15-26/h10-12,14-15,22H,4-9,13,16-21,24H2,1-3H3/b29-22-. The Morgan fingerprint density at radius 2 is 1.64 bits per heavy atom. The summed E-state index contributed by atoms with van der Waals surface area (Å²) < 4.78 is 2.33. The molecule has 2 aliphatic heterocycles. The first-order valence-electron chi connectivity index (χ1n) is 15.3. The third-order valence-electron chi connectivity index (χ3n) is 8.10. The quantitative estimate of drug-likeness (QED) is 0.150. The number of pyridine rings is 1. The Morgan fingerprint density at radius 3 is 2.31 bits per heavy atom. The molecular weight excluding hydrogens is 563 g/mol. The lowest BCUT2D eigenvalue weighted by Crippen LogP contribution is -2.48. The molecule has 0 saturated carbocycles. The summed E-state index contributed by atoms with van der Waals surface area (Å²) in [5.74, 6) is 0.724. The maximum atomic E-state index is 13.5. The van der Waals surface area contributed by atoms with Gasteiger partial charge in [0.15, 0.2) is 0 Å². The molecular formula is C33H43N5O2S2. The number of hydrogen-bond acceptors (Lipinski definition) is 7. The number of anilines is 1. The van der Waals surface area contributed by atoms with E-state index in [1.807, 2.05) is 26.0 Å². The molecule has 2 saturated heterocycles. The summed E-state index contributed by atoms with van der Waals surface area (Å²) in [4.78, 5) is 34.0. The van der Waals surface area contributed by atoms with Gasteiger partial charge in [-0.2, -0.15) is 5.26 Å². The molecule has 0 unspecified atom stereocenters. The molecule has 2 aliphatic rings. The fourth-order valence-corrected chi connectivity index (χ4v) is 7.04. The molecule has 42 heavy (non-hydrogen) atoms. The van der Waals surface area contributed by atoms with E-state index in [0.717, 1.165) is 63.4 Å². The van der Waals surface area contributed by atoms with Gasteiger partial charge in [0, 0.05) is 51.4 Å². The summed E-state index contributed by atoms with van der Waals surface area (Å²) in [6.07, 6.45) is 9.52. The van der Waals surface area contributed by atoms with E-state index in [0.29, 0.717) is 27.9 Å². The Morgan fingerprint density at radius 1 is 0.952 bits per heavy atom. The number of hydrogen-bond donors (Lipinski definition) is 0. The van der Waals surface area contributed by atoms with Gasteiger partial charge in [-0.1, -0.05) is 100 Å². The number of benzene rings is 1. The fraction of sp³-hybridized carbons (Fsp3) is 0.515. The average molecular weight is 606 g/mol. The third kappa shape index (κ3) is 7.52. The maximum Gasteiger partial charge on any atom is 0.270 e. The van der Waals surface area contributed by atoms with Gasteiger partial charge in [0.1, 0.15) is 21.8 Å². The van der Waals surface area contributed by atoms with Crippen molar-refractivity contribution < 1.29 is 4.79 Å². The zero-order valence-corrected chi connectivity index (χ0v) is 26.9. The molecule has 0 spiro atoms. The lowest BCUT2D eigenvalue weighted by Gasteiger charge is -2.38. The van der Waals surface area contributed by atoms with Gasteiger partial charge in [-0.05, 0) is 37.0 Å². The zero-order valence-electron chi connectivity index (χ0n) is 25.2. The molecule has 0 aliphatic carbocycles. The molecule has 1 aromatic heterocycles. The second-order valence-corrected chi connectivity index (χ2v) is 12.8. The van der Waals surface area contributed by atoms with Crippen molar-refractivity contribution >= 4 is 46.1 Å². The largest absolute Gasteiger partial charge is 0.355 e. The van der Waals surface area contributed by atoms with Crippen LogP contribution in [0.25, 0.3) is 6.08 Å². The number of carbonyl (C=O) groups is 1. The summed E-state index contributed by atoms with van der Waals surface area (Å²) in [6, 6.07) is 12.6. The van der Waals surface area contributed by atoms with Gasteiger partial charge in [-0.3, -0.25) is 24.0 Å². The summed E-state index contributed by atoms with van der Waals surface area (Å²) in [6.45, 7) is 11.3. The van der Waals surface area contributed by atoms with Gasteiger partial charge in [0.2, 0.25) is 0 Å². The van der Waals surface area contributed by atoms with Crippen LogP contribution in [0.1, 0.15) is 81.0 Å². The van der Waals surface area contributed by atoms with Crippen LogP contribution in [0.3, 0.4) is 0 Å². The Balaban J connectivity index is 1.61. The van der Waals surface area contributed by atoms with E-state index in [1.165, 1.54) is 43.0 Å². The molecule has 4 rings (SSSR count). The minimum atomic E-state index is -0.258. The summed E-state index contributed by atoms with van der Waals surface area (Å²) in [7, 11) is 0. The van der Waals surface area contributed by atoms with Crippen molar-refractivity contribution in [2.45, 2.75) is 78.8 Å².